The van der Waals surface area contributed by atoms with Crippen LogP contribution >= 0.6 is 11.8 Å². The summed E-state index contributed by atoms with van der Waals surface area (Å²) in [6, 6.07) is 6.99. The van der Waals surface area contributed by atoms with E-state index in [4.69, 9.17) is 5.73 Å². The molecule has 0 saturated carbocycles. The number of hydrogen-bond donors (Lipinski definition) is 1. The molecule has 1 heterocycles. The molecule has 0 aromatic heterocycles. The van der Waals surface area contributed by atoms with Crippen LogP contribution in [0, 0.1) is 5.82 Å². The summed E-state index contributed by atoms with van der Waals surface area (Å²) in [5.41, 5.74) is 7.06. The zero-order valence-corrected chi connectivity index (χ0v) is 13.4. The minimum absolute atomic E-state index is 0.0265. The Balaban J connectivity index is 2.31. The summed E-state index contributed by atoms with van der Waals surface area (Å²) in [5.74, 6) is 0.936. The van der Waals surface area contributed by atoms with Crippen molar-refractivity contribution in [2.24, 2.45) is 5.73 Å². The van der Waals surface area contributed by atoms with Crippen LogP contribution < -0.4 is 5.73 Å². The second-order valence-electron chi connectivity index (χ2n) is 6.12. The highest BCUT2D eigenvalue weighted by molar-refractivity contribution is 8.00. The van der Waals surface area contributed by atoms with Gasteiger partial charge in [-0.3, -0.25) is 4.90 Å². The van der Waals surface area contributed by atoms with Gasteiger partial charge in [-0.2, -0.15) is 11.8 Å². The van der Waals surface area contributed by atoms with Crippen LogP contribution in [0.3, 0.4) is 0 Å². The lowest BCUT2D eigenvalue weighted by atomic mass is 9.94. The molecule has 112 valence electrons. The highest BCUT2D eigenvalue weighted by atomic mass is 32.2. The standard InChI is InChI=1S/C16H25FN2S/c1-4-14(18)15(12-7-5-6-8-13(12)17)19-9-10-20-16(2,3)11-19/h5-8,14-15H,4,9-11,18H2,1-3H3. The molecule has 4 heteroatoms. The fraction of sp³-hybridized carbons (Fsp3) is 0.625. The molecule has 2 nitrogen and oxygen atoms in total. The van der Waals surface area contributed by atoms with Crippen molar-refractivity contribution in [1.82, 2.24) is 4.90 Å². The number of rotatable bonds is 4. The number of thioether (sulfide) groups is 1. The van der Waals surface area contributed by atoms with Crippen LogP contribution in [-0.2, 0) is 0 Å². The largest absolute Gasteiger partial charge is 0.326 e. The van der Waals surface area contributed by atoms with Crippen LogP contribution in [0.25, 0.3) is 0 Å². The Kier molecular flexibility index (Phi) is 5.10. The number of nitrogens with zero attached hydrogens (tertiary/aromatic N) is 1. The van der Waals surface area contributed by atoms with Gasteiger partial charge in [0, 0.05) is 35.2 Å². The van der Waals surface area contributed by atoms with Crippen molar-refractivity contribution in [3.63, 3.8) is 0 Å². The first-order valence-electron chi connectivity index (χ1n) is 7.32. The fourth-order valence-electron chi connectivity index (χ4n) is 2.93. The molecule has 0 spiro atoms. The molecule has 0 amide bonds. The van der Waals surface area contributed by atoms with Crippen LogP contribution in [0.4, 0.5) is 4.39 Å². The minimum Gasteiger partial charge on any atom is -0.326 e. The van der Waals surface area contributed by atoms with Crippen LogP contribution in [0.2, 0.25) is 0 Å². The molecule has 2 unspecified atom stereocenters. The highest BCUT2D eigenvalue weighted by Gasteiger charge is 2.35. The first kappa shape index (κ1) is 15.8. The Hall–Kier alpha value is -0.580. The zero-order valence-electron chi connectivity index (χ0n) is 12.6. The van der Waals surface area contributed by atoms with E-state index in [1.165, 1.54) is 6.07 Å². The van der Waals surface area contributed by atoms with E-state index in [-0.39, 0.29) is 22.6 Å². The molecule has 20 heavy (non-hydrogen) atoms. The topological polar surface area (TPSA) is 29.3 Å². The Bertz CT molecular complexity index is 450. The number of benzene rings is 1. The lowest BCUT2D eigenvalue weighted by Crippen LogP contribution is -2.49. The van der Waals surface area contributed by atoms with Gasteiger partial charge in [0.1, 0.15) is 5.82 Å². The van der Waals surface area contributed by atoms with Crippen molar-refractivity contribution in [1.29, 1.82) is 0 Å². The van der Waals surface area contributed by atoms with Crippen LogP contribution in [0.5, 0.6) is 0 Å². The van der Waals surface area contributed by atoms with Crippen molar-refractivity contribution in [3.05, 3.63) is 35.6 Å². The molecule has 2 atom stereocenters. The molecule has 2 N–H and O–H groups in total. The van der Waals surface area contributed by atoms with Gasteiger partial charge in [-0.1, -0.05) is 25.1 Å². The normalized spacial score (nSPS) is 22.4. The van der Waals surface area contributed by atoms with Crippen molar-refractivity contribution in [2.75, 3.05) is 18.8 Å². The third-order valence-corrected chi connectivity index (χ3v) is 5.25. The van der Waals surface area contributed by atoms with E-state index in [0.717, 1.165) is 30.8 Å². The third kappa shape index (κ3) is 3.54. The van der Waals surface area contributed by atoms with E-state index in [1.807, 2.05) is 23.9 Å². The van der Waals surface area contributed by atoms with Gasteiger partial charge in [-0.25, -0.2) is 4.39 Å². The lowest BCUT2D eigenvalue weighted by molar-refractivity contribution is 0.158. The van der Waals surface area contributed by atoms with Gasteiger partial charge in [0.05, 0.1) is 6.04 Å². The van der Waals surface area contributed by atoms with Crippen LogP contribution in [0.1, 0.15) is 38.8 Å². The maximum atomic E-state index is 14.2. The fourth-order valence-corrected chi connectivity index (χ4v) is 4.06. The maximum absolute atomic E-state index is 14.2. The summed E-state index contributed by atoms with van der Waals surface area (Å²) < 4.78 is 14.4. The average Bonchev–Trinajstić information content (AvgIpc) is 2.40. The quantitative estimate of drug-likeness (QED) is 0.923. The summed E-state index contributed by atoms with van der Waals surface area (Å²) in [7, 11) is 0. The van der Waals surface area contributed by atoms with Gasteiger partial charge in [0.15, 0.2) is 0 Å². The number of halogens is 1. The van der Waals surface area contributed by atoms with E-state index in [0.29, 0.717) is 0 Å². The van der Waals surface area contributed by atoms with Crippen molar-refractivity contribution < 1.29 is 4.39 Å². The second-order valence-corrected chi connectivity index (χ2v) is 7.92. The molecular formula is C16H25FN2S. The molecule has 1 aliphatic rings. The van der Waals surface area contributed by atoms with Crippen LogP contribution in [0.15, 0.2) is 24.3 Å². The van der Waals surface area contributed by atoms with Gasteiger partial charge in [-0.05, 0) is 26.3 Å². The first-order valence-corrected chi connectivity index (χ1v) is 8.31. The van der Waals surface area contributed by atoms with E-state index in [1.54, 1.807) is 6.07 Å². The highest BCUT2D eigenvalue weighted by Crippen LogP contribution is 2.36. The smallest absolute Gasteiger partial charge is 0.128 e. The first-order chi connectivity index (χ1) is 9.44. The Morgan fingerprint density at radius 2 is 2.10 bits per heavy atom. The molecule has 1 saturated heterocycles. The second kappa shape index (κ2) is 6.46. The molecule has 0 radical (unpaired) electrons. The number of nitrogens with two attached hydrogens (primary N) is 1. The van der Waals surface area contributed by atoms with Gasteiger partial charge < -0.3 is 5.73 Å². The minimum atomic E-state index is -0.141. The Morgan fingerprint density at radius 1 is 1.40 bits per heavy atom. The zero-order chi connectivity index (χ0) is 14.8. The van der Waals surface area contributed by atoms with Crippen molar-refractivity contribution >= 4 is 11.8 Å². The molecule has 0 bridgehead atoms. The van der Waals surface area contributed by atoms with E-state index < -0.39 is 0 Å². The van der Waals surface area contributed by atoms with Crippen LogP contribution in [-0.4, -0.2) is 34.5 Å². The summed E-state index contributed by atoms with van der Waals surface area (Å²) >= 11 is 1.98. The summed E-state index contributed by atoms with van der Waals surface area (Å²) in [6.07, 6.45) is 0.850. The third-order valence-electron chi connectivity index (χ3n) is 3.95. The molecule has 1 aliphatic heterocycles. The van der Waals surface area contributed by atoms with E-state index in [9.17, 15) is 4.39 Å². The summed E-state index contributed by atoms with van der Waals surface area (Å²) in [6.45, 7) is 8.49. The van der Waals surface area contributed by atoms with E-state index in [2.05, 4.69) is 25.7 Å². The molecule has 1 aromatic carbocycles. The predicted octanol–water partition coefficient (Wildman–Crippen LogP) is 3.43. The molecule has 1 fully saturated rings. The lowest BCUT2D eigenvalue weighted by Gasteiger charge is -2.44. The van der Waals surface area contributed by atoms with Gasteiger partial charge in [0.25, 0.3) is 0 Å². The average molecular weight is 296 g/mol. The maximum Gasteiger partial charge on any atom is 0.128 e. The Morgan fingerprint density at radius 3 is 2.70 bits per heavy atom. The van der Waals surface area contributed by atoms with Crippen molar-refractivity contribution in [3.8, 4) is 0 Å². The van der Waals surface area contributed by atoms with Gasteiger partial charge >= 0.3 is 0 Å². The SMILES string of the molecule is CCC(N)C(c1ccccc1F)N1CCSC(C)(C)C1. The van der Waals surface area contributed by atoms with Gasteiger partial charge in [0.2, 0.25) is 0 Å². The summed E-state index contributed by atoms with van der Waals surface area (Å²) in [5, 5.41) is 0. The Labute approximate surface area is 125 Å². The monoisotopic (exact) mass is 296 g/mol. The van der Waals surface area contributed by atoms with Gasteiger partial charge in [-0.15, -0.1) is 0 Å². The summed E-state index contributed by atoms with van der Waals surface area (Å²) in [4.78, 5) is 2.36. The van der Waals surface area contributed by atoms with E-state index >= 15 is 0 Å². The predicted molar refractivity (Wildman–Crippen MR) is 85.5 cm³/mol. The molecule has 2 rings (SSSR count). The molecule has 0 aliphatic carbocycles. The number of hydrogen-bond acceptors (Lipinski definition) is 3. The van der Waals surface area contributed by atoms with Crippen molar-refractivity contribution in [2.45, 2.75) is 44.0 Å². The molecule has 1 aromatic rings. The molecular weight excluding hydrogens is 271 g/mol.